The number of carbonyl (C=O) groups excluding carboxylic acids is 1. The molecule has 0 aliphatic carbocycles. The van der Waals surface area contributed by atoms with Crippen molar-refractivity contribution in [3.8, 4) is 0 Å². The van der Waals surface area contributed by atoms with Crippen LogP contribution in [0.25, 0.3) is 0 Å². The third-order valence-electron chi connectivity index (χ3n) is 3.20. The van der Waals surface area contributed by atoms with E-state index in [1.807, 2.05) is 0 Å². The summed E-state index contributed by atoms with van der Waals surface area (Å²) in [5, 5.41) is 9.56. The lowest BCUT2D eigenvalue weighted by Crippen LogP contribution is -2.39. The van der Waals surface area contributed by atoms with E-state index < -0.39 is 17.8 Å². The second-order valence-corrected chi connectivity index (χ2v) is 4.63. The fraction of sp³-hybridized carbons (Fsp3) is 0.462. The maximum Gasteiger partial charge on any atom is 0.418 e. The van der Waals surface area contributed by atoms with Crippen molar-refractivity contribution in [2.75, 3.05) is 18.0 Å². The topological polar surface area (TPSA) is 40.5 Å². The highest BCUT2D eigenvalue weighted by molar-refractivity contribution is 5.77. The smallest absolute Gasteiger partial charge is 0.391 e. The molecule has 3 nitrogen and oxygen atoms in total. The van der Waals surface area contributed by atoms with Crippen molar-refractivity contribution < 1.29 is 23.1 Å². The molecule has 1 aromatic rings. The van der Waals surface area contributed by atoms with Gasteiger partial charge in [0.25, 0.3) is 0 Å². The fourth-order valence-electron chi connectivity index (χ4n) is 2.30. The average Bonchev–Trinajstić information content (AvgIpc) is 2.37. The van der Waals surface area contributed by atoms with Crippen LogP contribution in [0.4, 0.5) is 18.9 Å². The number of nitrogens with zero attached hydrogens (tertiary/aromatic N) is 1. The van der Waals surface area contributed by atoms with E-state index in [1.54, 1.807) is 0 Å². The van der Waals surface area contributed by atoms with Crippen LogP contribution in [0.1, 0.15) is 28.8 Å². The van der Waals surface area contributed by atoms with E-state index in [0.29, 0.717) is 25.7 Å². The summed E-state index contributed by atoms with van der Waals surface area (Å²) in [5.74, 6) is 0. The van der Waals surface area contributed by atoms with Crippen LogP contribution in [0.15, 0.2) is 18.2 Å². The summed E-state index contributed by atoms with van der Waals surface area (Å²) in [6.45, 7) is 0.657. The molecule has 0 amide bonds. The van der Waals surface area contributed by atoms with E-state index >= 15 is 0 Å². The monoisotopic (exact) mass is 273 g/mol. The standard InChI is InChI=1S/C13H14F3NO2/c14-13(15,16)11-6-9(8-18)3-4-12(11)17-5-1-2-10(19)7-17/h3-4,6,8,10,19H,1-2,5,7H2. The second kappa shape index (κ2) is 5.21. The number of carbonyl (C=O) groups is 1. The van der Waals surface area contributed by atoms with E-state index in [2.05, 4.69) is 0 Å². The first-order valence-corrected chi connectivity index (χ1v) is 6.01. The number of aldehydes is 1. The van der Waals surface area contributed by atoms with Crippen molar-refractivity contribution in [3.63, 3.8) is 0 Å². The van der Waals surface area contributed by atoms with Gasteiger partial charge in [-0.3, -0.25) is 4.79 Å². The Labute approximate surface area is 108 Å². The van der Waals surface area contributed by atoms with Crippen molar-refractivity contribution in [3.05, 3.63) is 29.3 Å². The summed E-state index contributed by atoms with van der Waals surface area (Å²) in [6.07, 6.45) is -3.49. The Morgan fingerprint density at radius 1 is 1.37 bits per heavy atom. The zero-order chi connectivity index (χ0) is 14.0. The van der Waals surface area contributed by atoms with Crippen molar-refractivity contribution in [2.24, 2.45) is 0 Å². The number of rotatable bonds is 2. The third-order valence-corrected chi connectivity index (χ3v) is 3.20. The van der Waals surface area contributed by atoms with Gasteiger partial charge in [0.05, 0.1) is 11.7 Å². The summed E-state index contributed by atoms with van der Waals surface area (Å²) in [4.78, 5) is 12.1. The van der Waals surface area contributed by atoms with Crippen LogP contribution < -0.4 is 4.90 Å². The summed E-state index contributed by atoms with van der Waals surface area (Å²) in [6, 6.07) is 3.51. The van der Waals surface area contributed by atoms with Crippen LogP contribution >= 0.6 is 0 Å². The number of aliphatic hydroxyl groups excluding tert-OH is 1. The van der Waals surface area contributed by atoms with Crippen molar-refractivity contribution >= 4 is 12.0 Å². The lowest BCUT2D eigenvalue weighted by atomic mass is 10.0. The van der Waals surface area contributed by atoms with Gasteiger partial charge in [0.15, 0.2) is 0 Å². The Hall–Kier alpha value is -1.56. The molecule has 1 saturated heterocycles. The van der Waals surface area contributed by atoms with E-state index in [4.69, 9.17) is 0 Å². The maximum absolute atomic E-state index is 13.0. The lowest BCUT2D eigenvalue weighted by Gasteiger charge is -2.33. The summed E-state index contributed by atoms with van der Waals surface area (Å²) in [7, 11) is 0. The Morgan fingerprint density at radius 2 is 2.11 bits per heavy atom. The first-order chi connectivity index (χ1) is 8.91. The molecule has 104 valence electrons. The Kier molecular flexibility index (Phi) is 3.80. The van der Waals surface area contributed by atoms with Gasteiger partial charge in [-0.25, -0.2) is 0 Å². The molecule has 1 fully saturated rings. The molecule has 1 heterocycles. The van der Waals surface area contributed by atoms with Gasteiger partial charge in [-0.05, 0) is 31.0 Å². The number of aliphatic hydroxyl groups is 1. The highest BCUT2D eigenvalue weighted by atomic mass is 19.4. The van der Waals surface area contributed by atoms with Crippen LogP contribution in [-0.2, 0) is 6.18 Å². The van der Waals surface area contributed by atoms with Crippen LogP contribution in [0.5, 0.6) is 0 Å². The Morgan fingerprint density at radius 3 is 2.68 bits per heavy atom. The van der Waals surface area contributed by atoms with E-state index in [-0.39, 0.29) is 17.8 Å². The molecule has 19 heavy (non-hydrogen) atoms. The molecule has 1 atom stereocenters. The number of benzene rings is 1. The molecule has 1 unspecified atom stereocenters. The Bertz CT molecular complexity index is 473. The van der Waals surface area contributed by atoms with Crippen molar-refractivity contribution in [2.45, 2.75) is 25.1 Å². The van der Waals surface area contributed by atoms with E-state index in [9.17, 15) is 23.1 Å². The first kappa shape index (κ1) is 13.9. The molecule has 0 bridgehead atoms. The predicted molar refractivity (Wildman–Crippen MR) is 64.3 cm³/mol. The maximum atomic E-state index is 13.0. The molecule has 1 aliphatic rings. The second-order valence-electron chi connectivity index (χ2n) is 4.63. The molecule has 1 N–H and O–H groups in total. The van der Waals surface area contributed by atoms with Crippen LogP contribution in [-0.4, -0.2) is 30.6 Å². The largest absolute Gasteiger partial charge is 0.418 e. The van der Waals surface area contributed by atoms with Crippen molar-refractivity contribution in [1.82, 2.24) is 0 Å². The molecule has 6 heteroatoms. The van der Waals surface area contributed by atoms with E-state index in [0.717, 1.165) is 6.07 Å². The summed E-state index contributed by atoms with van der Waals surface area (Å²) >= 11 is 0. The van der Waals surface area contributed by atoms with Crippen molar-refractivity contribution in [1.29, 1.82) is 0 Å². The normalized spacial score (nSPS) is 20.4. The Balaban J connectivity index is 2.41. The number of hydrogen-bond donors (Lipinski definition) is 1. The minimum absolute atomic E-state index is 0.00590. The number of halogens is 3. The van der Waals surface area contributed by atoms with Gasteiger partial charge in [0.2, 0.25) is 0 Å². The van der Waals surface area contributed by atoms with E-state index in [1.165, 1.54) is 17.0 Å². The SMILES string of the molecule is O=Cc1ccc(N2CCCC(O)C2)c(C(F)(F)F)c1. The highest BCUT2D eigenvalue weighted by Crippen LogP contribution is 2.37. The minimum Gasteiger partial charge on any atom is -0.391 e. The number of hydrogen-bond acceptors (Lipinski definition) is 3. The molecule has 0 spiro atoms. The first-order valence-electron chi connectivity index (χ1n) is 6.01. The minimum atomic E-state index is -4.52. The molecule has 1 aliphatic heterocycles. The van der Waals surface area contributed by atoms with Crippen LogP contribution in [0.2, 0.25) is 0 Å². The zero-order valence-corrected chi connectivity index (χ0v) is 10.2. The van der Waals surface area contributed by atoms with Crippen LogP contribution in [0.3, 0.4) is 0 Å². The van der Waals surface area contributed by atoms with Gasteiger partial charge in [-0.1, -0.05) is 0 Å². The average molecular weight is 273 g/mol. The third kappa shape index (κ3) is 3.07. The molecular weight excluding hydrogens is 259 g/mol. The van der Waals surface area contributed by atoms with Gasteiger partial charge in [0.1, 0.15) is 6.29 Å². The molecule has 0 aromatic heterocycles. The number of alkyl halides is 3. The quantitative estimate of drug-likeness (QED) is 0.842. The lowest BCUT2D eigenvalue weighted by molar-refractivity contribution is -0.137. The fourth-order valence-corrected chi connectivity index (χ4v) is 2.30. The number of β-amino-alcohol motifs (C(OH)–C–C–N with tert-alkyl or cyclic N) is 1. The summed E-state index contributed by atoms with van der Waals surface area (Å²) in [5.41, 5.74) is -0.809. The molecule has 1 aromatic carbocycles. The molecule has 0 saturated carbocycles. The zero-order valence-electron chi connectivity index (χ0n) is 10.2. The predicted octanol–water partition coefficient (Wildman–Crippen LogP) is 2.48. The summed E-state index contributed by atoms with van der Waals surface area (Å²) < 4.78 is 39.0. The van der Waals surface area contributed by atoms with Gasteiger partial charge in [-0.2, -0.15) is 13.2 Å². The van der Waals surface area contributed by atoms with Gasteiger partial charge < -0.3 is 10.0 Å². The van der Waals surface area contributed by atoms with Crippen LogP contribution in [0, 0.1) is 0 Å². The van der Waals surface area contributed by atoms with Gasteiger partial charge in [-0.15, -0.1) is 0 Å². The molecule has 2 rings (SSSR count). The molecular formula is C13H14F3NO2. The number of anilines is 1. The number of piperidine rings is 1. The molecule has 0 radical (unpaired) electrons. The highest BCUT2D eigenvalue weighted by Gasteiger charge is 2.36. The van der Waals surface area contributed by atoms with Gasteiger partial charge >= 0.3 is 6.18 Å². The van der Waals surface area contributed by atoms with Gasteiger partial charge in [0, 0.05) is 24.3 Å².